The summed E-state index contributed by atoms with van der Waals surface area (Å²) in [6.45, 7) is 2.02. The van der Waals surface area contributed by atoms with Crippen molar-refractivity contribution < 1.29 is 9.90 Å². The molecular formula is C17H17N3O2. The number of rotatable bonds is 4. The van der Waals surface area contributed by atoms with Crippen LogP contribution in [0.1, 0.15) is 28.8 Å². The molecule has 1 saturated heterocycles. The first kappa shape index (κ1) is 14.3. The fourth-order valence-electron chi connectivity index (χ4n) is 2.39. The zero-order valence-corrected chi connectivity index (χ0v) is 12.1. The van der Waals surface area contributed by atoms with E-state index in [1.807, 2.05) is 0 Å². The molecule has 0 spiro atoms. The van der Waals surface area contributed by atoms with Crippen LogP contribution in [-0.4, -0.2) is 33.9 Å². The Bertz CT molecular complexity index is 672. The first-order valence-electron chi connectivity index (χ1n) is 7.31. The van der Waals surface area contributed by atoms with Gasteiger partial charge >= 0.3 is 0 Å². The molecule has 1 N–H and O–H groups in total. The number of carbonyl (C=O) groups excluding carboxylic acids is 1. The van der Waals surface area contributed by atoms with E-state index in [0.29, 0.717) is 5.56 Å². The zero-order valence-electron chi connectivity index (χ0n) is 12.1. The first-order chi connectivity index (χ1) is 10.7. The van der Waals surface area contributed by atoms with Crippen LogP contribution in [0.2, 0.25) is 0 Å². The van der Waals surface area contributed by atoms with E-state index in [1.54, 1.807) is 30.6 Å². The summed E-state index contributed by atoms with van der Waals surface area (Å²) in [6, 6.07) is 6.17. The number of aromatic nitrogens is 2. The molecule has 1 aliphatic rings. The summed E-state index contributed by atoms with van der Waals surface area (Å²) in [5.74, 6) is 0.773. The van der Waals surface area contributed by atoms with Crippen LogP contribution in [0, 0.1) is 0 Å². The van der Waals surface area contributed by atoms with Crippen LogP contribution in [0.3, 0.4) is 0 Å². The molecule has 2 heterocycles. The lowest BCUT2D eigenvalue weighted by Gasteiger charge is -2.14. The summed E-state index contributed by atoms with van der Waals surface area (Å²) < 4.78 is 0. The fourth-order valence-corrected chi connectivity index (χ4v) is 2.39. The molecule has 1 fully saturated rings. The highest BCUT2D eigenvalue weighted by atomic mass is 16.3. The van der Waals surface area contributed by atoms with E-state index in [9.17, 15) is 9.90 Å². The van der Waals surface area contributed by atoms with E-state index in [4.69, 9.17) is 0 Å². The van der Waals surface area contributed by atoms with E-state index in [-0.39, 0.29) is 11.5 Å². The van der Waals surface area contributed by atoms with Crippen molar-refractivity contribution >= 4 is 17.8 Å². The van der Waals surface area contributed by atoms with Crippen molar-refractivity contribution in [2.75, 3.05) is 18.0 Å². The molecule has 0 amide bonds. The first-order valence-corrected chi connectivity index (χ1v) is 7.31. The van der Waals surface area contributed by atoms with Crippen LogP contribution >= 0.6 is 0 Å². The van der Waals surface area contributed by atoms with E-state index in [1.165, 1.54) is 31.1 Å². The highest BCUT2D eigenvalue weighted by molar-refractivity contribution is 6.06. The normalized spacial score (nSPS) is 14.6. The number of hydrogen-bond donors (Lipinski definition) is 1. The third-order valence-electron chi connectivity index (χ3n) is 3.63. The van der Waals surface area contributed by atoms with Crippen molar-refractivity contribution in [2.24, 2.45) is 0 Å². The van der Waals surface area contributed by atoms with Crippen LogP contribution in [0.15, 0.2) is 42.7 Å². The van der Waals surface area contributed by atoms with Gasteiger partial charge < -0.3 is 10.0 Å². The summed E-state index contributed by atoms with van der Waals surface area (Å²) >= 11 is 0. The molecule has 1 aromatic carbocycles. The van der Waals surface area contributed by atoms with Gasteiger partial charge in [0.1, 0.15) is 5.75 Å². The lowest BCUT2D eigenvalue weighted by Crippen LogP contribution is -2.20. The fraction of sp³-hybridized carbons (Fsp3) is 0.235. The second kappa shape index (κ2) is 6.39. The molecule has 1 aliphatic heterocycles. The van der Waals surface area contributed by atoms with Crippen molar-refractivity contribution in [3.8, 4) is 5.75 Å². The van der Waals surface area contributed by atoms with Crippen LogP contribution in [0.25, 0.3) is 6.08 Å². The lowest BCUT2D eigenvalue weighted by atomic mass is 10.1. The minimum atomic E-state index is -0.122. The van der Waals surface area contributed by atoms with Gasteiger partial charge in [-0.2, -0.15) is 0 Å². The van der Waals surface area contributed by atoms with Crippen molar-refractivity contribution in [2.45, 2.75) is 12.8 Å². The molecule has 0 atom stereocenters. The highest BCUT2D eigenvalue weighted by Crippen LogP contribution is 2.15. The monoisotopic (exact) mass is 295 g/mol. The SMILES string of the molecule is O=C(/C=C\c1cnc(N2CCCC2)nc1)c1ccc(O)cc1. The molecule has 5 nitrogen and oxygen atoms in total. The number of phenols is 1. The van der Waals surface area contributed by atoms with Gasteiger partial charge in [-0.3, -0.25) is 4.79 Å². The molecule has 3 rings (SSSR count). The average molecular weight is 295 g/mol. The molecule has 0 aliphatic carbocycles. The number of benzene rings is 1. The summed E-state index contributed by atoms with van der Waals surface area (Å²) in [4.78, 5) is 22.8. The third-order valence-corrected chi connectivity index (χ3v) is 3.63. The zero-order chi connectivity index (χ0) is 15.4. The minimum Gasteiger partial charge on any atom is -0.508 e. The van der Waals surface area contributed by atoms with Gasteiger partial charge in [0.15, 0.2) is 5.78 Å². The predicted octanol–water partition coefficient (Wildman–Crippen LogP) is 2.68. The Balaban J connectivity index is 1.67. The third kappa shape index (κ3) is 3.31. The molecule has 22 heavy (non-hydrogen) atoms. The molecule has 1 aromatic heterocycles. The average Bonchev–Trinajstić information content (AvgIpc) is 3.08. The maximum absolute atomic E-state index is 12.0. The molecule has 5 heteroatoms. The Morgan fingerprint density at radius 2 is 1.73 bits per heavy atom. The topological polar surface area (TPSA) is 66.3 Å². The minimum absolute atomic E-state index is 0.122. The van der Waals surface area contributed by atoms with Crippen molar-refractivity contribution in [1.29, 1.82) is 0 Å². The maximum Gasteiger partial charge on any atom is 0.225 e. The second-order valence-corrected chi connectivity index (χ2v) is 5.26. The van der Waals surface area contributed by atoms with E-state index >= 15 is 0 Å². The Morgan fingerprint density at radius 1 is 1.09 bits per heavy atom. The van der Waals surface area contributed by atoms with Gasteiger partial charge in [0.25, 0.3) is 0 Å². The van der Waals surface area contributed by atoms with Gasteiger partial charge in [0.05, 0.1) is 0 Å². The molecule has 0 radical (unpaired) electrons. The molecule has 0 unspecified atom stereocenters. The maximum atomic E-state index is 12.0. The molecular weight excluding hydrogens is 278 g/mol. The number of nitrogens with zero attached hydrogens (tertiary/aromatic N) is 3. The summed E-state index contributed by atoms with van der Waals surface area (Å²) in [5.41, 5.74) is 1.32. The van der Waals surface area contributed by atoms with Gasteiger partial charge in [0, 0.05) is 36.6 Å². The van der Waals surface area contributed by atoms with Gasteiger partial charge in [0.2, 0.25) is 5.95 Å². The van der Waals surface area contributed by atoms with Crippen molar-refractivity contribution in [3.05, 3.63) is 53.9 Å². The predicted molar refractivity (Wildman–Crippen MR) is 85.0 cm³/mol. The van der Waals surface area contributed by atoms with Crippen LogP contribution < -0.4 is 4.90 Å². The smallest absolute Gasteiger partial charge is 0.225 e. The van der Waals surface area contributed by atoms with Crippen molar-refractivity contribution in [3.63, 3.8) is 0 Å². The number of carbonyl (C=O) groups is 1. The molecule has 2 aromatic rings. The van der Waals surface area contributed by atoms with Gasteiger partial charge in [-0.25, -0.2) is 9.97 Å². The lowest BCUT2D eigenvalue weighted by molar-refractivity contribution is 0.104. The quantitative estimate of drug-likeness (QED) is 0.694. The van der Waals surface area contributed by atoms with Gasteiger partial charge in [-0.1, -0.05) is 0 Å². The molecule has 112 valence electrons. The van der Waals surface area contributed by atoms with E-state index in [0.717, 1.165) is 24.6 Å². The Morgan fingerprint density at radius 3 is 2.36 bits per heavy atom. The largest absolute Gasteiger partial charge is 0.508 e. The van der Waals surface area contributed by atoms with Crippen LogP contribution in [0.5, 0.6) is 5.75 Å². The van der Waals surface area contributed by atoms with Crippen LogP contribution in [0.4, 0.5) is 5.95 Å². The number of hydrogen-bond acceptors (Lipinski definition) is 5. The summed E-state index contributed by atoms with van der Waals surface area (Å²) in [5, 5.41) is 9.21. The number of ketones is 1. The van der Waals surface area contributed by atoms with Gasteiger partial charge in [-0.15, -0.1) is 0 Å². The van der Waals surface area contributed by atoms with E-state index in [2.05, 4.69) is 14.9 Å². The molecule has 0 bridgehead atoms. The van der Waals surface area contributed by atoms with Crippen LogP contribution in [-0.2, 0) is 0 Å². The Hall–Kier alpha value is -2.69. The number of phenolic OH excluding ortho intramolecular Hbond substituents is 1. The molecule has 0 saturated carbocycles. The standard InChI is InChI=1S/C17H17N3O2/c21-15-6-4-14(5-7-15)16(22)8-3-13-11-18-17(19-12-13)20-9-1-2-10-20/h3-8,11-12,21H,1-2,9-10H2/b8-3-. The second-order valence-electron chi connectivity index (χ2n) is 5.26. The number of anilines is 1. The Labute approximate surface area is 129 Å². The van der Waals surface area contributed by atoms with Gasteiger partial charge in [-0.05, 0) is 49.3 Å². The summed E-state index contributed by atoms with van der Waals surface area (Å²) in [7, 11) is 0. The Kier molecular flexibility index (Phi) is 4.14. The number of allylic oxidation sites excluding steroid dienone is 1. The van der Waals surface area contributed by atoms with Crippen molar-refractivity contribution in [1.82, 2.24) is 9.97 Å². The summed E-state index contributed by atoms with van der Waals surface area (Å²) in [6.07, 6.45) is 9.00. The van der Waals surface area contributed by atoms with E-state index < -0.39 is 0 Å². The number of aromatic hydroxyl groups is 1. The highest BCUT2D eigenvalue weighted by Gasteiger charge is 2.14.